The number of hydrogen-bond acceptors (Lipinski definition) is 1. The smallest absolute Gasteiger partial charge is 0.00984 e. The van der Waals surface area contributed by atoms with Crippen molar-refractivity contribution in [2.45, 2.75) is 77.7 Å². The van der Waals surface area contributed by atoms with Crippen LogP contribution in [0.15, 0.2) is 12.2 Å². The highest BCUT2D eigenvalue weighted by Crippen LogP contribution is 2.15. The Balaban J connectivity index is 2.39. The summed E-state index contributed by atoms with van der Waals surface area (Å²) in [4.78, 5) is 2.54. The highest BCUT2D eigenvalue weighted by molar-refractivity contribution is 4.85. The highest BCUT2D eigenvalue weighted by atomic mass is 15.1. The van der Waals surface area contributed by atoms with E-state index >= 15 is 0 Å². The molecule has 0 amide bonds. The van der Waals surface area contributed by atoms with Crippen molar-refractivity contribution in [1.29, 1.82) is 0 Å². The molecule has 1 aliphatic rings. The van der Waals surface area contributed by atoms with Crippen LogP contribution in [0.5, 0.6) is 0 Å². The van der Waals surface area contributed by atoms with Crippen molar-refractivity contribution >= 4 is 0 Å². The second kappa shape index (κ2) is 9.61. The van der Waals surface area contributed by atoms with Crippen molar-refractivity contribution in [3.8, 4) is 0 Å². The van der Waals surface area contributed by atoms with Crippen LogP contribution in [0.4, 0.5) is 0 Å². The highest BCUT2D eigenvalue weighted by Gasteiger charge is 2.11. The molecule has 0 bridgehead atoms. The molecule has 0 saturated carbocycles. The third kappa shape index (κ3) is 7.20. The SMILES string of the molecule is CC1CCCCCCCCC=CCC(C)N(C)C1. The average Bonchev–Trinajstić information content (AvgIpc) is 2.34. The summed E-state index contributed by atoms with van der Waals surface area (Å²) in [5.41, 5.74) is 0. The predicted molar refractivity (Wildman–Crippen MR) is 81.9 cm³/mol. The van der Waals surface area contributed by atoms with Crippen LogP contribution in [0.2, 0.25) is 0 Å². The van der Waals surface area contributed by atoms with Crippen molar-refractivity contribution < 1.29 is 0 Å². The van der Waals surface area contributed by atoms with Gasteiger partial charge in [0.15, 0.2) is 0 Å². The molecule has 0 aromatic heterocycles. The van der Waals surface area contributed by atoms with Gasteiger partial charge in [-0.2, -0.15) is 0 Å². The third-order valence-electron chi connectivity index (χ3n) is 4.31. The Labute approximate surface area is 115 Å². The van der Waals surface area contributed by atoms with Gasteiger partial charge in [-0.15, -0.1) is 0 Å². The van der Waals surface area contributed by atoms with Gasteiger partial charge in [-0.05, 0) is 45.6 Å². The van der Waals surface area contributed by atoms with E-state index in [1.165, 1.54) is 64.3 Å². The Morgan fingerprint density at radius 2 is 1.56 bits per heavy atom. The zero-order chi connectivity index (χ0) is 13.2. The fourth-order valence-electron chi connectivity index (χ4n) is 2.82. The molecular weight excluding hydrogens is 218 g/mol. The lowest BCUT2D eigenvalue weighted by atomic mass is 10.0. The molecular formula is C17H33N. The number of rotatable bonds is 0. The van der Waals surface area contributed by atoms with Gasteiger partial charge in [0.05, 0.1) is 0 Å². The van der Waals surface area contributed by atoms with Gasteiger partial charge in [-0.3, -0.25) is 0 Å². The van der Waals surface area contributed by atoms with Crippen molar-refractivity contribution in [2.75, 3.05) is 13.6 Å². The van der Waals surface area contributed by atoms with Crippen molar-refractivity contribution in [3.63, 3.8) is 0 Å². The fraction of sp³-hybridized carbons (Fsp3) is 0.882. The quantitative estimate of drug-likeness (QED) is 0.546. The summed E-state index contributed by atoms with van der Waals surface area (Å²) >= 11 is 0. The standard InChI is InChI=1S/C17H33N/c1-16-13-11-9-7-5-4-6-8-10-12-14-17(2)18(3)15-16/h10,12,16-17H,4-9,11,13-15H2,1-3H3. The van der Waals surface area contributed by atoms with Gasteiger partial charge in [-0.25, -0.2) is 0 Å². The molecule has 106 valence electrons. The minimum Gasteiger partial charge on any atom is -0.303 e. The van der Waals surface area contributed by atoms with Gasteiger partial charge in [0, 0.05) is 12.6 Å². The molecule has 1 rings (SSSR count). The van der Waals surface area contributed by atoms with E-state index in [9.17, 15) is 0 Å². The predicted octanol–water partition coefficient (Wildman–Crippen LogP) is 5.02. The first-order valence-electron chi connectivity index (χ1n) is 8.05. The zero-order valence-corrected chi connectivity index (χ0v) is 12.8. The van der Waals surface area contributed by atoms with E-state index in [4.69, 9.17) is 0 Å². The molecule has 0 saturated heterocycles. The second-order valence-corrected chi connectivity index (χ2v) is 6.30. The molecule has 0 aromatic rings. The largest absolute Gasteiger partial charge is 0.303 e. The van der Waals surface area contributed by atoms with E-state index in [1.54, 1.807) is 0 Å². The molecule has 1 nitrogen and oxygen atoms in total. The molecule has 0 aromatic carbocycles. The Kier molecular flexibility index (Phi) is 8.41. The lowest BCUT2D eigenvalue weighted by molar-refractivity contribution is 0.218. The topological polar surface area (TPSA) is 3.24 Å². The maximum atomic E-state index is 2.54. The first-order valence-corrected chi connectivity index (χ1v) is 8.05. The second-order valence-electron chi connectivity index (χ2n) is 6.30. The Bertz CT molecular complexity index is 222. The normalized spacial score (nSPS) is 30.6. The van der Waals surface area contributed by atoms with E-state index in [-0.39, 0.29) is 0 Å². The van der Waals surface area contributed by atoms with Gasteiger partial charge < -0.3 is 4.90 Å². The summed E-state index contributed by atoms with van der Waals surface area (Å²) in [5, 5.41) is 0. The molecule has 1 aliphatic heterocycles. The third-order valence-corrected chi connectivity index (χ3v) is 4.31. The van der Waals surface area contributed by atoms with Gasteiger partial charge in [0.1, 0.15) is 0 Å². The molecule has 18 heavy (non-hydrogen) atoms. The van der Waals surface area contributed by atoms with E-state index in [2.05, 4.69) is 37.9 Å². The van der Waals surface area contributed by atoms with Crippen molar-refractivity contribution in [1.82, 2.24) is 4.90 Å². The van der Waals surface area contributed by atoms with Crippen molar-refractivity contribution in [3.05, 3.63) is 12.2 Å². The van der Waals surface area contributed by atoms with E-state index in [1.807, 2.05) is 0 Å². The van der Waals surface area contributed by atoms with Crippen LogP contribution in [0.1, 0.15) is 71.6 Å². The summed E-state index contributed by atoms with van der Waals surface area (Å²) in [6.45, 7) is 6.03. The van der Waals surface area contributed by atoms with E-state index in [0.29, 0.717) is 6.04 Å². The van der Waals surface area contributed by atoms with Crippen LogP contribution in [0, 0.1) is 5.92 Å². The van der Waals surface area contributed by atoms with Crippen LogP contribution >= 0.6 is 0 Å². The lowest BCUT2D eigenvalue weighted by Gasteiger charge is -2.27. The van der Waals surface area contributed by atoms with Crippen LogP contribution in [0.3, 0.4) is 0 Å². The lowest BCUT2D eigenvalue weighted by Crippen LogP contribution is -2.32. The van der Waals surface area contributed by atoms with E-state index in [0.717, 1.165) is 5.92 Å². The minimum absolute atomic E-state index is 0.689. The number of allylic oxidation sites excluding steroid dienone is 1. The Hall–Kier alpha value is -0.300. The molecule has 2 unspecified atom stereocenters. The van der Waals surface area contributed by atoms with Crippen LogP contribution in [0.25, 0.3) is 0 Å². The summed E-state index contributed by atoms with van der Waals surface area (Å²) < 4.78 is 0. The molecule has 0 aliphatic carbocycles. The maximum Gasteiger partial charge on any atom is 0.00984 e. The summed E-state index contributed by atoms with van der Waals surface area (Å²) in [6, 6.07) is 0.689. The average molecular weight is 251 g/mol. The molecule has 1 heterocycles. The van der Waals surface area contributed by atoms with E-state index < -0.39 is 0 Å². The van der Waals surface area contributed by atoms with Crippen molar-refractivity contribution in [2.24, 2.45) is 5.92 Å². The Morgan fingerprint density at radius 1 is 0.889 bits per heavy atom. The van der Waals surface area contributed by atoms with Gasteiger partial charge in [-0.1, -0.05) is 51.2 Å². The maximum absolute atomic E-state index is 2.54. The zero-order valence-electron chi connectivity index (χ0n) is 12.8. The van der Waals surface area contributed by atoms with Gasteiger partial charge in [0.25, 0.3) is 0 Å². The molecule has 0 spiro atoms. The fourth-order valence-corrected chi connectivity index (χ4v) is 2.82. The summed E-state index contributed by atoms with van der Waals surface area (Å²) in [5.74, 6) is 0.853. The first-order chi connectivity index (χ1) is 8.70. The first kappa shape index (κ1) is 15.8. The summed E-state index contributed by atoms with van der Waals surface area (Å²) in [6.07, 6.45) is 17.3. The number of hydrogen-bond donors (Lipinski definition) is 0. The van der Waals surface area contributed by atoms with Crippen LogP contribution < -0.4 is 0 Å². The molecule has 0 N–H and O–H groups in total. The minimum atomic E-state index is 0.689. The molecule has 0 radical (unpaired) electrons. The Morgan fingerprint density at radius 3 is 2.33 bits per heavy atom. The van der Waals surface area contributed by atoms with Crippen LogP contribution in [-0.4, -0.2) is 24.5 Å². The van der Waals surface area contributed by atoms with Crippen LogP contribution in [-0.2, 0) is 0 Å². The summed E-state index contributed by atoms with van der Waals surface area (Å²) in [7, 11) is 2.28. The molecule has 2 atom stereocenters. The van der Waals surface area contributed by atoms with Gasteiger partial charge in [0.2, 0.25) is 0 Å². The number of nitrogens with zero attached hydrogens (tertiary/aromatic N) is 1. The van der Waals surface area contributed by atoms with Gasteiger partial charge >= 0.3 is 0 Å². The monoisotopic (exact) mass is 251 g/mol. The molecule has 1 heteroatoms. The molecule has 0 fully saturated rings.